The van der Waals surface area contributed by atoms with Crippen LogP contribution in [0.15, 0.2) is 42.5 Å². The van der Waals surface area contributed by atoms with Crippen LogP contribution in [0.4, 0.5) is 18.9 Å². The minimum absolute atomic E-state index is 0.0554. The summed E-state index contributed by atoms with van der Waals surface area (Å²) >= 11 is 0. The smallest absolute Gasteiger partial charge is 0.315 e. The van der Waals surface area contributed by atoms with Crippen LogP contribution in [0.25, 0.3) is 0 Å². The van der Waals surface area contributed by atoms with Crippen molar-refractivity contribution < 1.29 is 18.0 Å². The highest BCUT2D eigenvalue weighted by Gasteiger charge is 2.45. The standard InChI is InChI=1S/C23H24F3N3O/c1-15(28-8-7-22(14-28)12-27-13-22)16-9-18-19(20(10-16)23(24,25)26)11-29(21(18)30)17-5-3-2-4-6-17/h2-6,9-10,15,27H,7-8,11-14H2,1H3. The van der Waals surface area contributed by atoms with Crippen LogP contribution in [0, 0.1) is 5.41 Å². The van der Waals surface area contributed by atoms with E-state index >= 15 is 0 Å². The number of rotatable bonds is 3. The van der Waals surface area contributed by atoms with Crippen LogP contribution < -0.4 is 10.2 Å². The summed E-state index contributed by atoms with van der Waals surface area (Å²) in [6.07, 6.45) is -3.45. The van der Waals surface area contributed by atoms with Crippen LogP contribution in [-0.2, 0) is 12.7 Å². The van der Waals surface area contributed by atoms with E-state index in [9.17, 15) is 18.0 Å². The van der Waals surface area contributed by atoms with Gasteiger partial charge in [0.15, 0.2) is 0 Å². The number of halogens is 3. The molecule has 0 saturated carbocycles. The van der Waals surface area contributed by atoms with Gasteiger partial charge < -0.3 is 10.2 Å². The van der Waals surface area contributed by atoms with E-state index in [-0.39, 0.29) is 35.0 Å². The summed E-state index contributed by atoms with van der Waals surface area (Å²) in [7, 11) is 0. The Morgan fingerprint density at radius 1 is 1.13 bits per heavy atom. The fraction of sp³-hybridized carbons (Fsp3) is 0.435. The van der Waals surface area contributed by atoms with Crippen LogP contribution in [0.3, 0.4) is 0 Å². The molecular weight excluding hydrogens is 391 g/mol. The predicted molar refractivity (Wildman–Crippen MR) is 108 cm³/mol. The van der Waals surface area contributed by atoms with E-state index in [1.165, 1.54) is 11.0 Å². The lowest BCUT2D eigenvalue weighted by atomic mass is 9.81. The maximum absolute atomic E-state index is 14.0. The number of carbonyl (C=O) groups excluding carboxylic acids is 1. The molecule has 5 rings (SSSR count). The summed E-state index contributed by atoms with van der Waals surface area (Å²) < 4.78 is 41.9. The molecule has 2 fully saturated rings. The van der Waals surface area contributed by atoms with Crippen molar-refractivity contribution in [2.75, 3.05) is 31.1 Å². The normalized spacial score (nSPS) is 21.7. The Balaban J connectivity index is 1.51. The molecule has 3 heterocycles. The highest BCUT2D eigenvalue weighted by Crippen LogP contribution is 2.43. The molecule has 1 N–H and O–H groups in total. The molecule has 3 aliphatic heterocycles. The predicted octanol–water partition coefficient (Wildman–Crippen LogP) is 4.22. The molecule has 2 aromatic rings. The third-order valence-corrected chi connectivity index (χ3v) is 6.94. The van der Waals surface area contributed by atoms with Gasteiger partial charge in [-0.1, -0.05) is 18.2 Å². The Kier molecular flexibility index (Phi) is 4.45. The Morgan fingerprint density at radius 2 is 1.87 bits per heavy atom. The fourth-order valence-corrected chi connectivity index (χ4v) is 5.02. The minimum Gasteiger partial charge on any atom is -0.315 e. The van der Waals surface area contributed by atoms with Gasteiger partial charge in [0.25, 0.3) is 5.91 Å². The minimum atomic E-state index is -4.50. The number of fused-ring (bicyclic) bond motifs is 1. The van der Waals surface area contributed by atoms with Crippen LogP contribution in [-0.4, -0.2) is 37.0 Å². The van der Waals surface area contributed by atoms with Crippen molar-refractivity contribution in [1.29, 1.82) is 0 Å². The molecule has 2 aromatic carbocycles. The molecule has 4 nitrogen and oxygen atoms in total. The van der Waals surface area contributed by atoms with Crippen molar-refractivity contribution in [2.45, 2.75) is 32.1 Å². The highest BCUT2D eigenvalue weighted by atomic mass is 19.4. The number of carbonyl (C=O) groups is 1. The molecule has 3 aliphatic rings. The number of hydrogen-bond acceptors (Lipinski definition) is 3. The number of para-hydroxylation sites is 1. The second kappa shape index (κ2) is 6.82. The van der Waals surface area contributed by atoms with E-state index in [1.54, 1.807) is 30.3 Å². The molecule has 2 saturated heterocycles. The first-order valence-corrected chi connectivity index (χ1v) is 10.3. The molecule has 7 heteroatoms. The zero-order chi connectivity index (χ0) is 21.1. The van der Waals surface area contributed by atoms with E-state index in [2.05, 4.69) is 10.2 Å². The van der Waals surface area contributed by atoms with E-state index in [4.69, 9.17) is 0 Å². The molecule has 0 aromatic heterocycles. The molecular formula is C23H24F3N3O. The topological polar surface area (TPSA) is 35.6 Å². The number of nitrogens with zero attached hydrogens (tertiary/aromatic N) is 2. The van der Waals surface area contributed by atoms with Gasteiger partial charge in [0.05, 0.1) is 12.1 Å². The maximum Gasteiger partial charge on any atom is 0.416 e. The number of nitrogens with one attached hydrogen (secondary N) is 1. The Bertz CT molecular complexity index is 985. The highest BCUT2D eigenvalue weighted by molar-refractivity contribution is 6.10. The summed E-state index contributed by atoms with van der Waals surface area (Å²) in [4.78, 5) is 16.7. The Morgan fingerprint density at radius 3 is 2.47 bits per heavy atom. The zero-order valence-corrected chi connectivity index (χ0v) is 16.8. The summed E-state index contributed by atoms with van der Waals surface area (Å²) in [5.74, 6) is -0.364. The van der Waals surface area contributed by atoms with Crippen molar-refractivity contribution in [1.82, 2.24) is 10.2 Å². The van der Waals surface area contributed by atoms with Gasteiger partial charge in [-0.3, -0.25) is 9.69 Å². The van der Waals surface area contributed by atoms with Crippen LogP contribution in [0.2, 0.25) is 0 Å². The zero-order valence-electron chi connectivity index (χ0n) is 16.8. The third kappa shape index (κ3) is 3.11. The molecule has 0 aliphatic carbocycles. The van der Waals surface area contributed by atoms with Gasteiger partial charge in [-0.15, -0.1) is 0 Å². The lowest BCUT2D eigenvalue weighted by Gasteiger charge is -2.40. The van der Waals surface area contributed by atoms with E-state index < -0.39 is 11.7 Å². The molecule has 0 radical (unpaired) electrons. The summed E-state index contributed by atoms with van der Waals surface area (Å²) in [6.45, 7) is 5.58. The van der Waals surface area contributed by atoms with E-state index in [0.29, 0.717) is 11.3 Å². The van der Waals surface area contributed by atoms with E-state index in [1.807, 2.05) is 13.0 Å². The van der Waals surface area contributed by atoms with E-state index in [0.717, 1.165) is 32.6 Å². The van der Waals surface area contributed by atoms with Gasteiger partial charge in [0.1, 0.15) is 0 Å². The number of amides is 1. The molecule has 158 valence electrons. The number of anilines is 1. The first kappa shape index (κ1) is 19.6. The van der Waals surface area contributed by atoms with Crippen LogP contribution >= 0.6 is 0 Å². The lowest BCUT2D eigenvalue weighted by Crippen LogP contribution is -2.54. The van der Waals surface area contributed by atoms with Crippen molar-refractivity contribution in [2.24, 2.45) is 5.41 Å². The number of hydrogen-bond donors (Lipinski definition) is 1. The van der Waals surface area contributed by atoms with Gasteiger partial charge in [0.2, 0.25) is 0 Å². The van der Waals surface area contributed by atoms with Gasteiger partial charge in [-0.2, -0.15) is 13.2 Å². The second-order valence-corrected chi connectivity index (χ2v) is 8.82. The van der Waals surface area contributed by atoms with Crippen LogP contribution in [0.1, 0.15) is 46.4 Å². The van der Waals surface area contributed by atoms with Crippen molar-refractivity contribution >= 4 is 11.6 Å². The molecule has 1 unspecified atom stereocenters. The van der Waals surface area contributed by atoms with Gasteiger partial charge in [-0.25, -0.2) is 0 Å². The van der Waals surface area contributed by atoms with Gasteiger partial charge in [0, 0.05) is 42.3 Å². The average Bonchev–Trinajstić information content (AvgIpc) is 3.29. The third-order valence-electron chi connectivity index (χ3n) is 6.94. The first-order valence-electron chi connectivity index (χ1n) is 10.3. The monoisotopic (exact) mass is 415 g/mol. The summed E-state index contributed by atoms with van der Waals surface area (Å²) in [6, 6.07) is 11.6. The van der Waals surface area contributed by atoms with Crippen molar-refractivity contribution in [3.05, 3.63) is 64.7 Å². The number of likely N-dealkylation sites (tertiary alicyclic amines) is 1. The SMILES string of the molecule is CC(c1cc2c(c(C(F)(F)F)c1)CN(c1ccccc1)C2=O)N1CCC2(CNC2)C1. The number of alkyl halides is 3. The molecule has 0 bridgehead atoms. The number of benzene rings is 2. The van der Waals surface area contributed by atoms with Crippen LogP contribution in [0.5, 0.6) is 0 Å². The fourth-order valence-electron chi connectivity index (χ4n) is 5.02. The molecule has 30 heavy (non-hydrogen) atoms. The summed E-state index contributed by atoms with van der Waals surface area (Å²) in [5.41, 5.74) is 1.00. The molecule has 1 spiro atoms. The van der Waals surface area contributed by atoms with Gasteiger partial charge >= 0.3 is 6.18 Å². The largest absolute Gasteiger partial charge is 0.416 e. The van der Waals surface area contributed by atoms with Gasteiger partial charge in [-0.05, 0) is 55.3 Å². The second-order valence-electron chi connectivity index (χ2n) is 8.82. The average molecular weight is 415 g/mol. The maximum atomic E-state index is 14.0. The molecule has 1 atom stereocenters. The Labute approximate surface area is 173 Å². The first-order chi connectivity index (χ1) is 14.3. The van der Waals surface area contributed by atoms with Crippen molar-refractivity contribution in [3.63, 3.8) is 0 Å². The summed E-state index contributed by atoms with van der Waals surface area (Å²) in [5, 5.41) is 3.31. The Hall–Kier alpha value is -2.38. The lowest BCUT2D eigenvalue weighted by molar-refractivity contribution is -0.138. The van der Waals surface area contributed by atoms with Crippen molar-refractivity contribution in [3.8, 4) is 0 Å². The quantitative estimate of drug-likeness (QED) is 0.815. The molecule has 1 amide bonds.